The van der Waals surface area contributed by atoms with E-state index < -0.39 is 13.0 Å². The van der Waals surface area contributed by atoms with Crippen LogP contribution in [-0.4, -0.2) is 36.0 Å². The molecular formula is C12H19F2N3O. The zero-order valence-corrected chi connectivity index (χ0v) is 10.5. The van der Waals surface area contributed by atoms with Gasteiger partial charge in [-0.1, -0.05) is 0 Å². The molecule has 0 spiro atoms. The van der Waals surface area contributed by atoms with Gasteiger partial charge in [-0.3, -0.25) is 4.68 Å². The predicted molar refractivity (Wildman–Crippen MR) is 63.7 cm³/mol. The second kappa shape index (κ2) is 6.24. The quantitative estimate of drug-likeness (QED) is 0.790. The van der Waals surface area contributed by atoms with Crippen LogP contribution in [0.2, 0.25) is 0 Å². The number of nitrogens with one attached hydrogen (secondary N) is 1. The molecule has 4 nitrogen and oxygen atoms in total. The Labute approximate surface area is 105 Å². The number of fused-ring (bicyclic) bond motifs is 1. The number of hydrogen-bond donors (Lipinski definition) is 1. The molecule has 6 heteroatoms. The van der Waals surface area contributed by atoms with E-state index in [4.69, 9.17) is 4.74 Å². The third-order valence-electron chi connectivity index (χ3n) is 3.26. The Kier molecular flexibility index (Phi) is 4.66. The van der Waals surface area contributed by atoms with Crippen LogP contribution in [-0.2, 0) is 18.2 Å². The van der Waals surface area contributed by atoms with Crippen LogP contribution >= 0.6 is 0 Å². The molecule has 0 bridgehead atoms. The van der Waals surface area contributed by atoms with Crippen LogP contribution in [0, 0.1) is 0 Å². The van der Waals surface area contributed by atoms with Crippen LogP contribution in [0.25, 0.3) is 0 Å². The molecule has 1 atom stereocenters. The van der Waals surface area contributed by atoms with E-state index in [-0.39, 0.29) is 6.04 Å². The fourth-order valence-electron chi connectivity index (χ4n) is 2.40. The van der Waals surface area contributed by atoms with Crippen LogP contribution in [0.5, 0.6) is 0 Å². The van der Waals surface area contributed by atoms with Crippen molar-refractivity contribution in [2.45, 2.75) is 31.7 Å². The minimum atomic E-state index is -2.38. The molecular weight excluding hydrogens is 240 g/mol. The second-order valence-electron chi connectivity index (χ2n) is 4.54. The highest BCUT2D eigenvalue weighted by molar-refractivity contribution is 5.24. The van der Waals surface area contributed by atoms with E-state index in [2.05, 4.69) is 10.4 Å². The van der Waals surface area contributed by atoms with E-state index >= 15 is 0 Å². The fraction of sp³-hybridized carbons (Fsp3) is 0.750. The lowest BCUT2D eigenvalue weighted by atomic mass is 9.93. The molecule has 1 aromatic rings. The van der Waals surface area contributed by atoms with E-state index in [1.807, 2.05) is 17.9 Å². The largest absolute Gasteiger partial charge is 0.374 e. The van der Waals surface area contributed by atoms with Gasteiger partial charge in [0.2, 0.25) is 0 Å². The molecule has 0 aliphatic heterocycles. The molecule has 102 valence electrons. The summed E-state index contributed by atoms with van der Waals surface area (Å²) in [7, 11) is 1.95. The number of aryl methyl sites for hydroxylation is 1. The number of aromatic nitrogens is 2. The summed E-state index contributed by atoms with van der Waals surface area (Å²) in [6.07, 6.45) is 2.76. The van der Waals surface area contributed by atoms with Gasteiger partial charge < -0.3 is 10.1 Å². The van der Waals surface area contributed by atoms with Crippen LogP contribution in [0.4, 0.5) is 8.78 Å². The van der Waals surface area contributed by atoms with Crippen LogP contribution in [0.1, 0.15) is 30.1 Å². The molecule has 0 aromatic carbocycles. The zero-order chi connectivity index (χ0) is 13.0. The first-order chi connectivity index (χ1) is 8.68. The van der Waals surface area contributed by atoms with Gasteiger partial charge in [0, 0.05) is 30.9 Å². The molecule has 0 radical (unpaired) electrons. The molecule has 0 amide bonds. The van der Waals surface area contributed by atoms with Crippen molar-refractivity contribution in [3.63, 3.8) is 0 Å². The third-order valence-corrected chi connectivity index (χ3v) is 3.26. The van der Waals surface area contributed by atoms with Gasteiger partial charge in [0.15, 0.2) is 0 Å². The topological polar surface area (TPSA) is 39.1 Å². The number of rotatable bonds is 6. The lowest BCUT2D eigenvalue weighted by molar-refractivity contribution is 0.0181. The minimum Gasteiger partial charge on any atom is -0.374 e. The molecule has 1 aromatic heterocycles. The first-order valence-electron chi connectivity index (χ1n) is 6.28. The van der Waals surface area contributed by atoms with Crippen molar-refractivity contribution in [2.24, 2.45) is 7.05 Å². The summed E-state index contributed by atoms with van der Waals surface area (Å²) in [5, 5.41) is 7.60. The smallest absolute Gasteiger partial charge is 0.261 e. The molecule has 0 fully saturated rings. The highest BCUT2D eigenvalue weighted by atomic mass is 19.3. The molecule has 1 heterocycles. The predicted octanol–water partition coefficient (Wildman–Crippen LogP) is 1.67. The van der Waals surface area contributed by atoms with Crippen molar-refractivity contribution in [3.8, 4) is 0 Å². The van der Waals surface area contributed by atoms with Gasteiger partial charge in [-0.2, -0.15) is 5.10 Å². The van der Waals surface area contributed by atoms with Crippen molar-refractivity contribution in [1.82, 2.24) is 15.1 Å². The molecule has 1 unspecified atom stereocenters. The lowest BCUT2D eigenvalue weighted by Crippen LogP contribution is -2.28. The second-order valence-corrected chi connectivity index (χ2v) is 4.54. The maximum absolute atomic E-state index is 11.9. The van der Waals surface area contributed by atoms with E-state index in [9.17, 15) is 8.78 Å². The number of ether oxygens (including phenoxy) is 1. The Bertz CT molecular complexity index is 381. The van der Waals surface area contributed by atoms with E-state index in [0.717, 1.165) is 19.3 Å². The highest BCUT2D eigenvalue weighted by Gasteiger charge is 2.22. The van der Waals surface area contributed by atoms with Crippen molar-refractivity contribution < 1.29 is 13.5 Å². The van der Waals surface area contributed by atoms with Gasteiger partial charge in [0.05, 0.1) is 12.8 Å². The summed E-state index contributed by atoms with van der Waals surface area (Å²) in [6, 6.07) is 0.276. The summed E-state index contributed by atoms with van der Waals surface area (Å²) in [6.45, 7) is 0.423. The van der Waals surface area contributed by atoms with Gasteiger partial charge in [-0.15, -0.1) is 0 Å². The van der Waals surface area contributed by atoms with Crippen molar-refractivity contribution in [2.75, 3.05) is 19.8 Å². The molecule has 1 aliphatic carbocycles. The van der Waals surface area contributed by atoms with Crippen molar-refractivity contribution in [3.05, 3.63) is 17.5 Å². The van der Waals surface area contributed by atoms with Gasteiger partial charge in [-0.25, -0.2) is 8.78 Å². The number of hydrogen-bond acceptors (Lipinski definition) is 3. The molecule has 2 rings (SSSR count). The van der Waals surface area contributed by atoms with Gasteiger partial charge >= 0.3 is 0 Å². The Morgan fingerprint density at radius 2 is 2.44 bits per heavy atom. The molecule has 1 aliphatic rings. The number of halogens is 2. The van der Waals surface area contributed by atoms with Gasteiger partial charge in [0.25, 0.3) is 6.43 Å². The van der Waals surface area contributed by atoms with Crippen molar-refractivity contribution in [1.29, 1.82) is 0 Å². The molecule has 1 N–H and O–H groups in total. The van der Waals surface area contributed by atoms with Crippen LogP contribution in [0.15, 0.2) is 6.20 Å². The number of alkyl halides is 2. The van der Waals surface area contributed by atoms with E-state index in [1.54, 1.807) is 0 Å². The Balaban J connectivity index is 1.77. The average Bonchev–Trinajstić information content (AvgIpc) is 2.71. The van der Waals surface area contributed by atoms with Crippen LogP contribution < -0.4 is 5.32 Å². The first kappa shape index (κ1) is 13.4. The molecule has 18 heavy (non-hydrogen) atoms. The fourth-order valence-corrected chi connectivity index (χ4v) is 2.40. The normalized spacial score (nSPS) is 19.2. The lowest BCUT2D eigenvalue weighted by Gasteiger charge is -2.23. The average molecular weight is 259 g/mol. The van der Waals surface area contributed by atoms with E-state index in [0.29, 0.717) is 13.2 Å². The Hall–Kier alpha value is -1.01. The maximum atomic E-state index is 11.9. The molecule has 0 saturated carbocycles. The summed E-state index contributed by atoms with van der Waals surface area (Å²) in [5.74, 6) is 0. The first-order valence-corrected chi connectivity index (χ1v) is 6.28. The van der Waals surface area contributed by atoms with E-state index in [1.165, 1.54) is 11.3 Å². The number of nitrogens with zero attached hydrogens (tertiary/aromatic N) is 2. The zero-order valence-electron chi connectivity index (χ0n) is 10.5. The van der Waals surface area contributed by atoms with Crippen LogP contribution in [0.3, 0.4) is 0 Å². The third kappa shape index (κ3) is 3.26. The Morgan fingerprint density at radius 1 is 1.61 bits per heavy atom. The SMILES string of the molecule is Cn1ncc2c1CCCC2NCCOCC(F)F. The highest BCUT2D eigenvalue weighted by Crippen LogP contribution is 2.28. The molecule has 0 saturated heterocycles. The summed E-state index contributed by atoms with van der Waals surface area (Å²) in [4.78, 5) is 0. The summed E-state index contributed by atoms with van der Waals surface area (Å²) in [5.41, 5.74) is 2.50. The van der Waals surface area contributed by atoms with Gasteiger partial charge in [-0.05, 0) is 19.3 Å². The van der Waals surface area contributed by atoms with Gasteiger partial charge in [0.1, 0.15) is 6.61 Å². The summed E-state index contributed by atoms with van der Waals surface area (Å²) < 4.78 is 30.5. The standard InChI is InChI=1S/C12H19F2N3O/c1-17-11-4-2-3-10(9(11)7-16-17)15-5-6-18-8-12(13)14/h7,10,12,15H,2-6,8H2,1H3. The monoisotopic (exact) mass is 259 g/mol. The minimum absolute atomic E-state index is 0.276. The summed E-state index contributed by atoms with van der Waals surface area (Å²) >= 11 is 0. The Morgan fingerprint density at radius 3 is 3.22 bits per heavy atom. The maximum Gasteiger partial charge on any atom is 0.261 e. The van der Waals surface area contributed by atoms with Crippen molar-refractivity contribution >= 4 is 0 Å².